The fourth-order valence-corrected chi connectivity index (χ4v) is 1.22. The monoisotopic (exact) mass is 192 g/mol. The van der Waals surface area contributed by atoms with Gasteiger partial charge in [-0.2, -0.15) is 0 Å². The first-order valence-electron chi connectivity index (χ1n) is 4.48. The number of nitrogens with one attached hydrogen (secondary N) is 1. The summed E-state index contributed by atoms with van der Waals surface area (Å²) in [6.45, 7) is 3.37. The Balaban J connectivity index is 1.78. The normalized spacial score (nSPS) is 10.6. The molecule has 0 atom stereocenters. The van der Waals surface area contributed by atoms with Crippen molar-refractivity contribution in [2.75, 3.05) is 0 Å². The molecular formula is C10H12N2O2. The van der Waals surface area contributed by atoms with Gasteiger partial charge >= 0.3 is 0 Å². The van der Waals surface area contributed by atoms with Crippen LogP contribution in [-0.2, 0) is 13.1 Å². The third-order valence-electron chi connectivity index (χ3n) is 1.89. The van der Waals surface area contributed by atoms with Gasteiger partial charge in [0.05, 0.1) is 24.8 Å². The maximum atomic E-state index is 5.05. The lowest BCUT2D eigenvalue weighted by molar-refractivity contribution is 0.369. The zero-order valence-corrected chi connectivity index (χ0v) is 7.99. The Labute approximate surface area is 81.9 Å². The van der Waals surface area contributed by atoms with Crippen molar-refractivity contribution >= 4 is 0 Å². The molecule has 0 radical (unpaired) electrons. The van der Waals surface area contributed by atoms with E-state index in [1.165, 1.54) is 0 Å². The Bertz CT molecular complexity index is 378. The maximum Gasteiger partial charge on any atom is 0.150 e. The highest BCUT2D eigenvalue weighted by Crippen LogP contribution is 2.03. The Morgan fingerprint density at radius 1 is 1.43 bits per heavy atom. The fourth-order valence-electron chi connectivity index (χ4n) is 1.22. The van der Waals surface area contributed by atoms with Crippen molar-refractivity contribution in [3.63, 3.8) is 0 Å². The molecule has 2 aromatic rings. The summed E-state index contributed by atoms with van der Waals surface area (Å²) in [6.07, 6.45) is 3.38. The summed E-state index contributed by atoms with van der Waals surface area (Å²) in [5, 5.41) is 7.02. The summed E-state index contributed by atoms with van der Waals surface area (Å²) in [4.78, 5) is 0. The quantitative estimate of drug-likeness (QED) is 0.803. The molecule has 0 aliphatic rings. The van der Waals surface area contributed by atoms with Crippen LogP contribution in [0.3, 0.4) is 0 Å². The number of nitrogens with zero attached hydrogens (tertiary/aromatic N) is 1. The van der Waals surface area contributed by atoms with E-state index >= 15 is 0 Å². The highest BCUT2D eigenvalue weighted by atomic mass is 16.5. The van der Waals surface area contributed by atoms with Crippen molar-refractivity contribution in [3.8, 4) is 0 Å². The van der Waals surface area contributed by atoms with Crippen LogP contribution in [-0.4, -0.2) is 5.16 Å². The molecule has 4 heteroatoms. The fraction of sp³-hybridized carbons (Fsp3) is 0.300. The van der Waals surface area contributed by atoms with Crippen molar-refractivity contribution in [2.24, 2.45) is 0 Å². The van der Waals surface area contributed by atoms with Crippen molar-refractivity contribution < 1.29 is 8.94 Å². The van der Waals surface area contributed by atoms with E-state index in [9.17, 15) is 0 Å². The first-order chi connectivity index (χ1) is 6.84. The van der Waals surface area contributed by atoms with Gasteiger partial charge in [0, 0.05) is 18.2 Å². The van der Waals surface area contributed by atoms with Crippen LogP contribution < -0.4 is 5.32 Å². The van der Waals surface area contributed by atoms with Crippen LogP contribution in [0.1, 0.15) is 17.0 Å². The van der Waals surface area contributed by atoms with Gasteiger partial charge in [-0.1, -0.05) is 5.16 Å². The molecule has 0 unspecified atom stereocenters. The molecule has 0 saturated heterocycles. The Morgan fingerprint density at radius 3 is 3.00 bits per heavy atom. The molecule has 0 aliphatic heterocycles. The van der Waals surface area contributed by atoms with Crippen LogP contribution in [0.5, 0.6) is 0 Å². The van der Waals surface area contributed by atoms with E-state index in [0.717, 1.165) is 23.6 Å². The third kappa shape index (κ3) is 2.23. The van der Waals surface area contributed by atoms with E-state index in [1.54, 1.807) is 12.5 Å². The lowest BCUT2D eigenvalue weighted by atomic mass is 10.3. The van der Waals surface area contributed by atoms with Gasteiger partial charge in [-0.05, 0) is 13.0 Å². The lowest BCUT2D eigenvalue weighted by Crippen LogP contribution is -2.11. The number of aromatic nitrogens is 1. The Hall–Kier alpha value is -1.55. The molecule has 0 aliphatic carbocycles. The molecule has 1 N–H and O–H groups in total. The highest BCUT2D eigenvalue weighted by Gasteiger charge is 1.99. The second-order valence-corrected chi connectivity index (χ2v) is 3.17. The van der Waals surface area contributed by atoms with Crippen molar-refractivity contribution in [3.05, 3.63) is 41.7 Å². The second kappa shape index (κ2) is 4.11. The number of hydrogen-bond donors (Lipinski definition) is 1. The Morgan fingerprint density at radius 2 is 2.36 bits per heavy atom. The molecule has 2 aromatic heterocycles. The van der Waals surface area contributed by atoms with Gasteiger partial charge in [0.1, 0.15) is 0 Å². The van der Waals surface area contributed by atoms with E-state index < -0.39 is 0 Å². The van der Waals surface area contributed by atoms with Gasteiger partial charge < -0.3 is 14.3 Å². The minimum absolute atomic E-state index is 0.687. The van der Waals surface area contributed by atoms with Gasteiger partial charge in [-0.3, -0.25) is 0 Å². The van der Waals surface area contributed by atoms with E-state index in [-0.39, 0.29) is 0 Å². The van der Waals surface area contributed by atoms with Crippen LogP contribution in [0.4, 0.5) is 0 Å². The Kier molecular flexibility index (Phi) is 2.65. The summed E-state index contributed by atoms with van der Waals surface area (Å²) < 4.78 is 9.99. The van der Waals surface area contributed by atoms with E-state index in [2.05, 4.69) is 10.5 Å². The summed E-state index contributed by atoms with van der Waals surface area (Å²) in [5.41, 5.74) is 2.03. The van der Waals surface area contributed by atoms with Crippen LogP contribution in [0.15, 0.2) is 33.6 Å². The molecule has 2 rings (SSSR count). The van der Waals surface area contributed by atoms with Gasteiger partial charge in [-0.25, -0.2) is 0 Å². The van der Waals surface area contributed by atoms with Crippen LogP contribution >= 0.6 is 0 Å². The minimum Gasteiger partial charge on any atom is -0.472 e. The smallest absolute Gasteiger partial charge is 0.150 e. The molecule has 74 valence electrons. The number of rotatable bonds is 4. The van der Waals surface area contributed by atoms with Gasteiger partial charge in [0.2, 0.25) is 0 Å². The molecule has 0 amide bonds. The van der Waals surface area contributed by atoms with Gasteiger partial charge in [0.15, 0.2) is 5.76 Å². The predicted octanol–water partition coefficient (Wildman–Crippen LogP) is 1.87. The summed E-state index contributed by atoms with van der Waals surface area (Å²) in [5.74, 6) is 0.853. The van der Waals surface area contributed by atoms with E-state index in [1.807, 2.05) is 19.1 Å². The first kappa shape index (κ1) is 9.02. The average molecular weight is 192 g/mol. The summed E-state index contributed by atoms with van der Waals surface area (Å²) >= 11 is 0. The van der Waals surface area contributed by atoms with Crippen molar-refractivity contribution in [1.82, 2.24) is 10.5 Å². The minimum atomic E-state index is 0.687. The largest absolute Gasteiger partial charge is 0.472 e. The number of furan rings is 1. The molecule has 0 aromatic carbocycles. The average Bonchev–Trinajstić information content (AvgIpc) is 2.77. The SMILES string of the molecule is Cc1cc(CNCc2ccoc2)on1. The molecule has 0 spiro atoms. The van der Waals surface area contributed by atoms with Gasteiger partial charge in [0.25, 0.3) is 0 Å². The topological polar surface area (TPSA) is 51.2 Å². The summed E-state index contributed by atoms with van der Waals surface area (Å²) in [7, 11) is 0. The summed E-state index contributed by atoms with van der Waals surface area (Å²) in [6, 6.07) is 3.85. The molecule has 14 heavy (non-hydrogen) atoms. The number of aryl methyl sites for hydroxylation is 1. The third-order valence-corrected chi connectivity index (χ3v) is 1.89. The lowest BCUT2D eigenvalue weighted by Gasteiger charge is -1.97. The van der Waals surface area contributed by atoms with E-state index in [0.29, 0.717) is 6.54 Å². The molecule has 0 saturated carbocycles. The zero-order valence-electron chi connectivity index (χ0n) is 7.99. The van der Waals surface area contributed by atoms with Crippen molar-refractivity contribution in [2.45, 2.75) is 20.0 Å². The molecule has 0 fully saturated rings. The zero-order chi connectivity index (χ0) is 9.80. The standard InChI is InChI=1S/C10H12N2O2/c1-8-4-10(14-12-8)6-11-5-9-2-3-13-7-9/h2-4,7,11H,5-6H2,1H3. The van der Waals surface area contributed by atoms with Crippen LogP contribution in [0.25, 0.3) is 0 Å². The molecule has 4 nitrogen and oxygen atoms in total. The van der Waals surface area contributed by atoms with E-state index in [4.69, 9.17) is 8.94 Å². The predicted molar refractivity (Wildman–Crippen MR) is 50.5 cm³/mol. The number of hydrogen-bond acceptors (Lipinski definition) is 4. The van der Waals surface area contributed by atoms with Crippen molar-refractivity contribution in [1.29, 1.82) is 0 Å². The van der Waals surface area contributed by atoms with Crippen LogP contribution in [0, 0.1) is 6.92 Å². The van der Waals surface area contributed by atoms with Gasteiger partial charge in [-0.15, -0.1) is 0 Å². The molecule has 0 bridgehead atoms. The highest BCUT2D eigenvalue weighted by molar-refractivity contribution is 5.06. The maximum absolute atomic E-state index is 5.05. The van der Waals surface area contributed by atoms with Crippen LogP contribution in [0.2, 0.25) is 0 Å². The molecule has 2 heterocycles. The molecular weight excluding hydrogens is 180 g/mol. The second-order valence-electron chi connectivity index (χ2n) is 3.17. The first-order valence-corrected chi connectivity index (χ1v) is 4.48.